The number of benzene rings is 2. The number of likely N-dealkylation sites (tertiary alicyclic amines) is 1. The van der Waals surface area contributed by atoms with Crippen molar-refractivity contribution in [2.75, 3.05) is 5.32 Å². The lowest BCUT2D eigenvalue weighted by Gasteiger charge is -2.34. The largest absolute Gasteiger partial charge is 0.457 e. The monoisotopic (exact) mass is 583 g/mol. The van der Waals surface area contributed by atoms with E-state index >= 15 is 0 Å². The topological polar surface area (TPSA) is 97.0 Å². The summed E-state index contributed by atoms with van der Waals surface area (Å²) in [5, 5.41) is 8.17. The first-order valence-electron chi connectivity index (χ1n) is 14.7. The Hall–Kier alpha value is -3.95. The maximum Gasteiger partial charge on any atom is 0.246 e. The Morgan fingerprint density at radius 3 is 2.45 bits per heavy atom. The predicted octanol–water partition coefficient (Wildman–Crippen LogP) is 5.28. The van der Waals surface area contributed by atoms with E-state index in [1.54, 1.807) is 40.5 Å². The van der Waals surface area contributed by atoms with E-state index in [2.05, 4.69) is 10.6 Å². The lowest BCUT2D eigenvalue weighted by molar-refractivity contribution is -0.142. The molecule has 2 aromatic carbocycles. The van der Waals surface area contributed by atoms with Crippen molar-refractivity contribution in [3.05, 3.63) is 89.1 Å². The van der Waals surface area contributed by atoms with Crippen molar-refractivity contribution in [3.8, 4) is 11.5 Å². The number of para-hydroxylation sites is 1. The van der Waals surface area contributed by atoms with Crippen molar-refractivity contribution in [2.24, 2.45) is 11.8 Å². The lowest BCUT2D eigenvalue weighted by Crippen LogP contribution is -2.56. The smallest absolute Gasteiger partial charge is 0.246 e. The number of amides is 3. The van der Waals surface area contributed by atoms with Gasteiger partial charge in [-0.3, -0.25) is 14.4 Å². The second-order valence-corrected chi connectivity index (χ2v) is 12.6. The highest BCUT2D eigenvalue weighted by Gasteiger charge is 2.72. The highest BCUT2D eigenvalue weighted by Crippen LogP contribution is 2.55. The number of ether oxygens (including phenoxy) is 2. The Balaban J connectivity index is 1.12. The fourth-order valence-electron chi connectivity index (χ4n) is 6.99. The standard InChI is InChI=1S/C33H33N3O5S/c37-30(34-22-13-15-24(16-14-22)40-23-10-5-2-6-11-23)27-26-17-18-33(41-26)28(27)32(39)36(20-25-12-7-19-42-25)29(33)31(38)35-21-8-3-1-4-9-21/h2,5-7,10-19,21,26-29H,1,3-4,8-9,20H2,(H,34,37)(H,35,38)/t26-,27+,28-,29-,33-/m1/s1. The average Bonchev–Trinajstić information content (AvgIpc) is 3.78. The van der Waals surface area contributed by atoms with E-state index in [1.807, 2.05) is 60.0 Å². The second kappa shape index (κ2) is 11.0. The first-order valence-corrected chi connectivity index (χ1v) is 15.5. The summed E-state index contributed by atoms with van der Waals surface area (Å²) in [4.78, 5) is 44.4. The number of anilines is 1. The summed E-state index contributed by atoms with van der Waals surface area (Å²) in [5.74, 6) is -0.881. The molecule has 3 aliphatic heterocycles. The van der Waals surface area contributed by atoms with Gasteiger partial charge in [-0.25, -0.2) is 0 Å². The maximum absolute atomic E-state index is 14.1. The van der Waals surface area contributed by atoms with Crippen LogP contribution in [-0.2, 0) is 25.7 Å². The van der Waals surface area contributed by atoms with Gasteiger partial charge < -0.3 is 25.0 Å². The van der Waals surface area contributed by atoms with Crippen molar-refractivity contribution in [3.63, 3.8) is 0 Å². The highest BCUT2D eigenvalue weighted by molar-refractivity contribution is 7.09. The van der Waals surface area contributed by atoms with Crippen LogP contribution in [0, 0.1) is 11.8 Å². The Morgan fingerprint density at radius 1 is 0.952 bits per heavy atom. The minimum Gasteiger partial charge on any atom is -0.457 e. The van der Waals surface area contributed by atoms with Crippen LogP contribution in [0.2, 0.25) is 0 Å². The Bertz CT molecular complexity index is 1490. The first kappa shape index (κ1) is 26.9. The van der Waals surface area contributed by atoms with E-state index in [0.717, 1.165) is 36.3 Å². The van der Waals surface area contributed by atoms with Crippen molar-refractivity contribution in [1.82, 2.24) is 10.2 Å². The summed E-state index contributed by atoms with van der Waals surface area (Å²) in [6.45, 7) is 0.302. The van der Waals surface area contributed by atoms with Gasteiger partial charge in [-0.1, -0.05) is 55.7 Å². The molecule has 2 N–H and O–H groups in total. The van der Waals surface area contributed by atoms with E-state index in [9.17, 15) is 14.4 Å². The number of carbonyl (C=O) groups is 3. The van der Waals surface area contributed by atoms with E-state index in [1.165, 1.54) is 6.42 Å². The van der Waals surface area contributed by atoms with Crippen LogP contribution in [0.5, 0.6) is 11.5 Å². The zero-order chi connectivity index (χ0) is 28.7. The van der Waals surface area contributed by atoms with E-state index in [-0.39, 0.29) is 23.8 Å². The highest BCUT2D eigenvalue weighted by atomic mass is 32.1. The van der Waals surface area contributed by atoms with Crippen LogP contribution in [0.25, 0.3) is 0 Å². The minimum atomic E-state index is -1.17. The molecule has 2 bridgehead atoms. The first-order chi connectivity index (χ1) is 20.5. The molecule has 7 rings (SSSR count). The number of rotatable bonds is 8. The van der Waals surface area contributed by atoms with Crippen LogP contribution in [-0.4, -0.2) is 46.4 Å². The molecular weight excluding hydrogens is 550 g/mol. The molecule has 4 aliphatic rings. The normalized spacial score (nSPS) is 28.1. The SMILES string of the molecule is O=C(Nc1ccc(Oc2ccccc2)cc1)[C@H]1[C@H]2C=C[C@@]3(O2)[C@H]1C(=O)N(Cc1cccs1)[C@@H]3C(=O)NC1CCCCC1. The zero-order valence-corrected chi connectivity index (χ0v) is 23.9. The van der Waals surface area contributed by atoms with Crippen LogP contribution in [0.3, 0.4) is 0 Å². The number of fused-ring (bicyclic) bond motifs is 1. The van der Waals surface area contributed by atoms with Gasteiger partial charge in [-0.05, 0) is 60.7 Å². The number of nitrogens with one attached hydrogen (secondary N) is 2. The van der Waals surface area contributed by atoms with E-state index in [4.69, 9.17) is 9.47 Å². The fourth-order valence-corrected chi connectivity index (χ4v) is 7.69. The number of hydrogen-bond donors (Lipinski definition) is 2. The molecule has 1 aromatic heterocycles. The van der Waals surface area contributed by atoms with Gasteiger partial charge in [0.15, 0.2) is 0 Å². The number of hydrogen-bond acceptors (Lipinski definition) is 6. The molecule has 1 saturated carbocycles. The van der Waals surface area contributed by atoms with Gasteiger partial charge in [0.25, 0.3) is 0 Å². The lowest BCUT2D eigenvalue weighted by atomic mass is 9.74. The Morgan fingerprint density at radius 2 is 1.71 bits per heavy atom. The summed E-state index contributed by atoms with van der Waals surface area (Å²) < 4.78 is 12.3. The van der Waals surface area contributed by atoms with Crippen molar-refractivity contribution < 1.29 is 23.9 Å². The molecule has 1 aliphatic carbocycles. The van der Waals surface area contributed by atoms with Crippen LogP contribution in [0.4, 0.5) is 5.69 Å². The van der Waals surface area contributed by atoms with Gasteiger partial charge in [-0.15, -0.1) is 11.3 Å². The molecule has 0 unspecified atom stereocenters. The molecule has 4 heterocycles. The van der Waals surface area contributed by atoms with E-state index < -0.39 is 29.6 Å². The Labute approximate surface area is 248 Å². The molecule has 3 aromatic rings. The minimum absolute atomic E-state index is 0.0934. The van der Waals surface area contributed by atoms with Gasteiger partial charge in [0.1, 0.15) is 23.1 Å². The molecule has 1 spiro atoms. The second-order valence-electron chi connectivity index (χ2n) is 11.5. The maximum atomic E-state index is 14.1. The molecule has 3 amide bonds. The molecular formula is C33H33N3O5S. The van der Waals surface area contributed by atoms with Gasteiger partial charge in [0, 0.05) is 16.6 Å². The number of carbonyl (C=O) groups excluding carboxylic acids is 3. The number of nitrogens with zero attached hydrogens (tertiary/aromatic N) is 1. The van der Waals surface area contributed by atoms with Gasteiger partial charge in [0.05, 0.1) is 24.5 Å². The summed E-state index contributed by atoms with van der Waals surface area (Å²) in [7, 11) is 0. The molecule has 216 valence electrons. The zero-order valence-electron chi connectivity index (χ0n) is 23.1. The van der Waals surface area contributed by atoms with Crippen molar-refractivity contribution in [2.45, 2.75) is 62.4 Å². The molecule has 8 nitrogen and oxygen atoms in total. The Kier molecular flexibility index (Phi) is 7.07. The summed E-state index contributed by atoms with van der Waals surface area (Å²) in [6, 6.07) is 19.7. The van der Waals surface area contributed by atoms with Gasteiger partial charge in [-0.2, -0.15) is 0 Å². The molecule has 0 radical (unpaired) electrons. The third kappa shape index (κ3) is 4.80. The summed E-state index contributed by atoms with van der Waals surface area (Å²) in [6.07, 6.45) is 8.36. The number of thiophene rings is 1. The van der Waals surface area contributed by atoms with Gasteiger partial charge in [0.2, 0.25) is 17.7 Å². The molecule has 3 fully saturated rings. The fraction of sp³-hybridized carbons (Fsp3) is 0.364. The summed E-state index contributed by atoms with van der Waals surface area (Å²) in [5.41, 5.74) is -0.582. The van der Waals surface area contributed by atoms with Crippen molar-refractivity contribution in [1.29, 1.82) is 0 Å². The third-order valence-corrected chi connectivity index (χ3v) is 9.74. The third-order valence-electron chi connectivity index (χ3n) is 8.88. The molecule has 2 saturated heterocycles. The van der Waals surface area contributed by atoms with Crippen LogP contribution < -0.4 is 15.4 Å². The molecule has 42 heavy (non-hydrogen) atoms. The molecule has 9 heteroatoms. The summed E-state index contributed by atoms with van der Waals surface area (Å²) >= 11 is 1.54. The quantitative estimate of drug-likeness (QED) is 0.352. The van der Waals surface area contributed by atoms with Crippen molar-refractivity contribution >= 4 is 34.7 Å². The molecule has 5 atom stereocenters. The average molecular weight is 584 g/mol. The van der Waals surface area contributed by atoms with Crippen LogP contribution in [0.1, 0.15) is 37.0 Å². The van der Waals surface area contributed by atoms with E-state index in [0.29, 0.717) is 18.0 Å². The predicted molar refractivity (Wildman–Crippen MR) is 159 cm³/mol. The van der Waals surface area contributed by atoms with Crippen LogP contribution in [0.15, 0.2) is 84.3 Å². The van der Waals surface area contributed by atoms with Gasteiger partial charge >= 0.3 is 0 Å². The van der Waals surface area contributed by atoms with Crippen LogP contribution >= 0.6 is 11.3 Å².